The van der Waals surface area contributed by atoms with Gasteiger partial charge >= 0.3 is 0 Å². The number of phenols is 1. The predicted octanol–water partition coefficient (Wildman–Crippen LogP) is 3.82. The topological polar surface area (TPSA) is 49.5 Å². The highest BCUT2D eigenvalue weighted by Crippen LogP contribution is 2.33. The van der Waals surface area contributed by atoms with E-state index in [4.69, 9.17) is 5.73 Å². The normalized spacial score (nSPS) is 17.6. The van der Waals surface area contributed by atoms with Crippen molar-refractivity contribution in [1.82, 2.24) is 0 Å². The zero-order chi connectivity index (χ0) is 14.7. The molecule has 3 nitrogen and oxygen atoms in total. The third-order valence-corrected chi connectivity index (χ3v) is 4.16. The SMILES string of the molecule is CC(C)CN(c1ccc(C(C)N)c(O)c1)C1CCCC1. The van der Waals surface area contributed by atoms with Crippen molar-refractivity contribution in [3.8, 4) is 5.75 Å². The van der Waals surface area contributed by atoms with Gasteiger partial charge in [0.15, 0.2) is 0 Å². The van der Waals surface area contributed by atoms with E-state index < -0.39 is 0 Å². The van der Waals surface area contributed by atoms with E-state index in [0.29, 0.717) is 17.7 Å². The predicted molar refractivity (Wildman–Crippen MR) is 85.1 cm³/mol. The van der Waals surface area contributed by atoms with Crippen LogP contribution >= 0.6 is 0 Å². The minimum atomic E-state index is -0.130. The van der Waals surface area contributed by atoms with Crippen molar-refractivity contribution in [3.05, 3.63) is 23.8 Å². The Morgan fingerprint density at radius 1 is 1.25 bits per heavy atom. The Morgan fingerprint density at radius 2 is 1.90 bits per heavy atom. The number of phenolic OH excluding ortho intramolecular Hbond substituents is 1. The lowest BCUT2D eigenvalue weighted by atomic mass is 10.0. The van der Waals surface area contributed by atoms with Gasteiger partial charge in [0.2, 0.25) is 0 Å². The number of aromatic hydroxyl groups is 1. The van der Waals surface area contributed by atoms with Crippen molar-refractivity contribution in [3.63, 3.8) is 0 Å². The first-order valence-corrected chi connectivity index (χ1v) is 7.84. The van der Waals surface area contributed by atoms with E-state index in [0.717, 1.165) is 17.8 Å². The first kappa shape index (κ1) is 15.2. The van der Waals surface area contributed by atoms with Gasteiger partial charge in [-0.1, -0.05) is 32.8 Å². The van der Waals surface area contributed by atoms with Gasteiger partial charge in [-0.2, -0.15) is 0 Å². The van der Waals surface area contributed by atoms with Crippen LogP contribution in [0.5, 0.6) is 5.75 Å². The summed E-state index contributed by atoms with van der Waals surface area (Å²) < 4.78 is 0. The van der Waals surface area contributed by atoms with Gasteiger partial charge in [0.05, 0.1) is 0 Å². The summed E-state index contributed by atoms with van der Waals surface area (Å²) in [6.45, 7) is 7.44. The van der Waals surface area contributed by atoms with Crippen LogP contribution in [0.15, 0.2) is 18.2 Å². The molecule has 0 saturated heterocycles. The van der Waals surface area contributed by atoms with Gasteiger partial charge in [-0.15, -0.1) is 0 Å². The Balaban J connectivity index is 2.25. The highest BCUT2D eigenvalue weighted by atomic mass is 16.3. The Labute approximate surface area is 122 Å². The fraction of sp³-hybridized carbons (Fsp3) is 0.647. The summed E-state index contributed by atoms with van der Waals surface area (Å²) in [5.74, 6) is 0.940. The number of hydrogen-bond donors (Lipinski definition) is 2. The lowest BCUT2D eigenvalue weighted by Crippen LogP contribution is -2.36. The first-order chi connectivity index (χ1) is 9.49. The maximum Gasteiger partial charge on any atom is 0.122 e. The fourth-order valence-corrected chi connectivity index (χ4v) is 3.17. The molecule has 0 spiro atoms. The number of nitrogens with two attached hydrogens (primary N) is 1. The maximum atomic E-state index is 10.2. The number of nitrogens with zero attached hydrogens (tertiary/aromatic N) is 1. The van der Waals surface area contributed by atoms with Gasteiger partial charge in [-0.05, 0) is 31.7 Å². The van der Waals surface area contributed by atoms with E-state index in [1.54, 1.807) is 0 Å². The molecule has 0 heterocycles. The van der Waals surface area contributed by atoms with E-state index >= 15 is 0 Å². The summed E-state index contributed by atoms with van der Waals surface area (Å²) >= 11 is 0. The van der Waals surface area contributed by atoms with Crippen LogP contribution < -0.4 is 10.6 Å². The molecule has 1 aliphatic rings. The Morgan fingerprint density at radius 3 is 2.40 bits per heavy atom. The molecule has 1 atom stereocenters. The van der Waals surface area contributed by atoms with Crippen LogP contribution in [0.2, 0.25) is 0 Å². The molecule has 1 aromatic carbocycles. The van der Waals surface area contributed by atoms with E-state index in [1.807, 2.05) is 19.1 Å². The van der Waals surface area contributed by atoms with Crippen molar-refractivity contribution in [2.75, 3.05) is 11.4 Å². The van der Waals surface area contributed by atoms with E-state index in [-0.39, 0.29) is 6.04 Å². The second-order valence-corrected chi connectivity index (χ2v) is 6.52. The zero-order valence-electron chi connectivity index (χ0n) is 13.0. The number of rotatable bonds is 5. The van der Waals surface area contributed by atoms with Gasteiger partial charge < -0.3 is 15.7 Å². The third-order valence-electron chi connectivity index (χ3n) is 4.16. The van der Waals surface area contributed by atoms with Crippen LogP contribution in [-0.4, -0.2) is 17.7 Å². The van der Waals surface area contributed by atoms with Crippen LogP contribution in [0, 0.1) is 5.92 Å². The van der Waals surface area contributed by atoms with Crippen molar-refractivity contribution in [1.29, 1.82) is 0 Å². The van der Waals surface area contributed by atoms with Gasteiger partial charge in [-0.25, -0.2) is 0 Å². The summed E-state index contributed by atoms with van der Waals surface area (Å²) in [5.41, 5.74) is 7.83. The van der Waals surface area contributed by atoms with Crippen LogP contribution in [-0.2, 0) is 0 Å². The molecule has 1 aromatic rings. The number of hydrogen-bond acceptors (Lipinski definition) is 3. The van der Waals surface area contributed by atoms with Crippen LogP contribution in [0.3, 0.4) is 0 Å². The average Bonchev–Trinajstić information content (AvgIpc) is 2.88. The molecule has 0 aliphatic heterocycles. The minimum Gasteiger partial charge on any atom is -0.508 e. The molecule has 1 aliphatic carbocycles. The smallest absolute Gasteiger partial charge is 0.122 e. The van der Waals surface area contributed by atoms with Gasteiger partial charge in [0.1, 0.15) is 5.75 Å². The fourth-order valence-electron chi connectivity index (χ4n) is 3.17. The summed E-state index contributed by atoms with van der Waals surface area (Å²) in [6, 6.07) is 6.46. The minimum absolute atomic E-state index is 0.130. The molecule has 0 aromatic heterocycles. The molecule has 0 radical (unpaired) electrons. The Kier molecular flexibility index (Phi) is 4.92. The van der Waals surface area contributed by atoms with Crippen molar-refractivity contribution in [2.24, 2.45) is 11.7 Å². The second-order valence-electron chi connectivity index (χ2n) is 6.52. The third kappa shape index (κ3) is 3.45. The zero-order valence-corrected chi connectivity index (χ0v) is 13.0. The van der Waals surface area contributed by atoms with Crippen molar-refractivity contribution < 1.29 is 5.11 Å². The number of benzene rings is 1. The molecule has 1 saturated carbocycles. The van der Waals surface area contributed by atoms with Crippen molar-refractivity contribution in [2.45, 2.75) is 58.5 Å². The monoisotopic (exact) mass is 276 g/mol. The molecule has 2 rings (SSSR count). The lowest BCUT2D eigenvalue weighted by Gasteiger charge is -2.33. The highest BCUT2D eigenvalue weighted by Gasteiger charge is 2.24. The molecule has 3 heteroatoms. The second kappa shape index (κ2) is 6.49. The first-order valence-electron chi connectivity index (χ1n) is 7.84. The standard InChI is InChI=1S/C17H28N2O/c1-12(2)11-19(14-6-4-5-7-14)15-8-9-16(13(3)18)17(20)10-15/h8-10,12-14,20H,4-7,11,18H2,1-3H3. The molecule has 1 unspecified atom stereocenters. The largest absolute Gasteiger partial charge is 0.508 e. The van der Waals surface area contributed by atoms with Gasteiger partial charge in [0.25, 0.3) is 0 Å². The van der Waals surface area contributed by atoms with Crippen LogP contribution in [0.4, 0.5) is 5.69 Å². The van der Waals surface area contributed by atoms with E-state index in [9.17, 15) is 5.11 Å². The molecule has 0 bridgehead atoms. The van der Waals surface area contributed by atoms with Gasteiger partial charge in [0, 0.05) is 35.9 Å². The molecule has 1 fully saturated rings. The van der Waals surface area contributed by atoms with E-state index in [2.05, 4.69) is 24.8 Å². The van der Waals surface area contributed by atoms with Crippen LogP contribution in [0.25, 0.3) is 0 Å². The summed E-state index contributed by atoms with van der Waals surface area (Å²) in [7, 11) is 0. The molecule has 20 heavy (non-hydrogen) atoms. The summed E-state index contributed by atoms with van der Waals surface area (Å²) in [5, 5.41) is 10.2. The Bertz CT molecular complexity index is 437. The summed E-state index contributed by atoms with van der Waals surface area (Å²) in [4.78, 5) is 2.47. The highest BCUT2D eigenvalue weighted by molar-refractivity contribution is 5.55. The molecule has 0 amide bonds. The summed E-state index contributed by atoms with van der Waals surface area (Å²) in [6.07, 6.45) is 5.18. The van der Waals surface area contributed by atoms with Gasteiger partial charge in [-0.3, -0.25) is 0 Å². The quantitative estimate of drug-likeness (QED) is 0.859. The molecule has 3 N–H and O–H groups in total. The molecular weight excluding hydrogens is 248 g/mol. The maximum absolute atomic E-state index is 10.2. The molecule has 112 valence electrons. The lowest BCUT2D eigenvalue weighted by molar-refractivity contribution is 0.462. The number of anilines is 1. The van der Waals surface area contributed by atoms with E-state index in [1.165, 1.54) is 25.7 Å². The average molecular weight is 276 g/mol. The van der Waals surface area contributed by atoms with Crippen molar-refractivity contribution >= 4 is 5.69 Å². The Hall–Kier alpha value is -1.22. The molecular formula is C17H28N2O. The van der Waals surface area contributed by atoms with Crippen LogP contribution in [0.1, 0.15) is 58.1 Å².